The lowest BCUT2D eigenvalue weighted by atomic mass is 10.1. The molecule has 1 aliphatic rings. The molecule has 2 aromatic rings. The molecular weight excluding hydrogens is 360 g/mol. The Kier molecular flexibility index (Phi) is 5.93. The second-order valence-electron chi connectivity index (χ2n) is 6.72. The summed E-state index contributed by atoms with van der Waals surface area (Å²) in [5.41, 5.74) is 1.72. The van der Waals surface area contributed by atoms with Crippen molar-refractivity contribution in [1.82, 2.24) is 10.2 Å². The first-order chi connectivity index (χ1) is 13.5. The van der Waals surface area contributed by atoms with E-state index >= 15 is 0 Å². The molecule has 3 rings (SSSR count). The molecule has 0 aliphatic carbocycles. The maximum Gasteiger partial charge on any atom is 0.339 e. The van der Waals surface area contributed by atoms with Crippen molar-refractivity contribution in [3.05, 3.63) is 65.2 Å². The van der Waals surface area contributed by atoms with E-state index in [4.69, 9.17) is 4.74 Å². The molecule has 7 nitrogen and oxygen atoms in total. The molecule has 1 heterocycles. The molecule has 0 unspecified atom stereocenters. The van der Waals surface area contributed by atoms with Crippen LogP contribution in [0.4, 0.5) is 0 Å². The molecule has 0 bridgehead atoms. The minimum Gasteiger partial charge on any atom is -0.496 e. The third-order valence-corrected chi connectivity index (χ3v) is 4.76. The van der Waals surface area contributed by atoms with E-state index in [1.165, 1.54) is 13.2 Å². The Balaban J connectivity index is 1.57. The van der Waals surface area contributed by atoms with E-state index in [2.05, 4.69) is 5.32 Å². The van der Waals surface area contributed by atoms with E-state index in [1.54, 1.807) is 17.0 Å². The molecule has 0 aromatic heterocycles. The third kappa shape index (κ3) is 4.49. The Morgan fingerprint density at radius 2 is 1.93 bits per heavy atom. The smallest absolute Gasteiger partial charge is 0.339 e. The van der Waals surface area contributed by atoms with E-state index in [9.17, 15) is 19.5 Å². The van der Waals surface area contributed by atoms with Crippen LogP contribution in [-0.4, -0.2) is 41.4 Å². The number of carbonyl (C=O) groups excluding carboxylic acids is 2. The first-order valence-electron chi connectivity index (χ1n) is 8.97. The van der Waals surface area contributed by atoms with E-state index in [1.807, 2.05) is 30.3 Å². The largest absolute Gasteiger partial charge is 0.496 e. The molecule has 1 saturated heterocycles. The lowest BCUT2D eigenvalue weighted by Crippen LogP contribution is -2.32. The zero-order chi connectivity index (χ0) is 20.1. The summed E-state index contributed by atoms with van der Waals surface area (Å²) in [5, 5.41) is 12.0. The molecular formula is C21H22N2O5. The van der Waals surface area contributed by atoms with Gasteiger partial charge in [0.1, 0.15) is 11.3 Å². The van der Waals surface area contributed by atoms with Gasteiger partial charge in [0.15, 0.2) is 0 Å². The van der Waals surface area contributed by atoms with Gasteiger partial charge >= 0.3 is 5.97 Å². The van der Waals surface area contributed by atoms with Crippen molar-refractivity contribution in [2.45, 2.75) is 19.5 Å². The third-order valence-electron chi connectivity index (χ3n) is 4.76. The van der Waals surface area contributed by atoms with Crippen LogP contribution in [0.15, 0.2) is 48.5 Å². The van der Waals surface area contributed by atoms with Crippen LogP contribution >= 0.6 is 0 Å². The second-order valence-corrected chi connectivity index (χ2v) is 6.72. The Morgan fingerprint density at radius 3 is 2.61 bits per heavy atom. The van der Waals surface area contributed by atoms with Crippen molar-refractivity contribution in [3.8, 4) is 5.75 Å². The van der Waals surface area contributed by atoms with Gasteiger partial charge in [-0.05, 0) is 23.3 Å². The number of amides is 2. The Hall–Kier alpha value is -3.35. The van der Waals surface area contributed by atoms with Gasteiger partial charge in [0.05, 0.1) is 13.0 Å². The van der Waals surface area contributed by atoms with Gasteiger partial charge in [0, 0.05) is 26.1 Å². The molecule has 7 heteroatoms. The summed E-state index contributed by atoms with van der Waals surface area (Å²) < 4.78 is 5.03. The molecule has 2 aromatic carbocycles. The van der Waals surface area contributed by atoms with Gasteiger partial charge in [0.25, 0.3) is 0 Å². The quantitative estimate of drug-likeness (QED) is 0.764. The van der Waals surface area contributed by atoms with Crippen LogP contribution in [0.1, 0.15) is 27.9 Å². The van der Waals surface area contributed by atoms with Crippen LogP contribution in [0.25, 0.3) is 0 Å². The predicted molar refractivity (Wildman–Crippen MR) is 102 cm³/mol. The SMILES string of the molecule is COc1ccc(CNC(=O)[C@@H]2CC(=O)N(Cc3ccccc3)C2)cc1C(=O)O. The summed E-state index contributed by atoms with van der Waals surface area (Å²) in [6.45, 7) is 1.05. The zero-order valence-corrected chi connectivity index (χ0v) is 15.6. The highest BCUT2D eigenvalue weighted by Crippen LogP contribution is 2.22. The number of carboxylic acid groups (broad SMARTS) is 1. The van der Waals surface area contributed by atoms with Gasteiger partial charge in [-0.2, -0.15) is 0 Å². The fraction of sp³-hybridized carbons (Fsp3) is 0.286. The number of hydrogen-bond acceptors (Lipinski definition) is 4. The highest BCUT2D eigenvalue weighted by Gasteiger charge is 2.34. The average molecular weight is 382 g/mol. The highest BCUT2D eigenvalue weighted by atomic mass is 16.5. The lowest BCUT2D eigenvalue weighted by molar-refractivity contribution is -0.129. The zero-order valence-electron chi connectivity index (χ0n) is 15.6. The molecule has 2 N–H and O–H groups in total. The Labute approximate surface area is 162 Å². The number of benzene rings is 2. The lowest BCUT2D eigenvalue weighted by Gasteiger charge is -2.16. The van der Waals surface area contributed by atoms with Gasteiger partial charge in [-0.15, -0.1) is 0 Å². The monoisotopic (exact) mass is 382 g/mol. The Morgan fingerprint density at radius 1 is 1.18 bits per heavy atom. The van der Waals surface area contributed by atoms with Crippen LogP contribution in [0.3, 0.4) is 0 Å². The first-order valence-corrected chi connectivity index (χ1v) is 8.97. The summed E-state index contributed by atoms with van der Waals surface area (Å²) >= 11 is 0. The van der Waals surface area contributed by atoms with Crippen LogP contribution in [-0.2, 0) is 22.7 Å². The summed E-state index contributed by atoms with van der Waals surface area (Å²) in [4.78, 5) is 37.7. The second kappa shape index (κ2) is 8.56. The number of nitrogens with one attached hydrogen (secondary N) is 1. The molecule has 1 fully saturated rings. The maximum absolute atomic E-state index is 12.5. The van der Waals surface area contributed by atoms with Crippen molar-refractivity contribution in [3.63, 3.8) is 0 Å². The van der Waals surface area contributed by atoms with E-state index in [0.29, 0.717) is 18.7 Å². The van der Waals surface area contributed by atoms with Crippen molar-refractivity contribution in [2.24, 2.45) is 5.92 Å². The number of hydrogen-bond donors (Lipinski definition) is 2. The normalized spacial score (nSPS) is 16.1. The standard InChI is InChI=1S/C21H22N2O5/c1-28-18-8-7-15(9-17(18)21(26)27)11-22-20(25)16-10-19(24)23(13-16)12-14-5-3-2-4-6-14/h2-9,16H,10-13H2,1H3,(H,22,25)(H,26,27)/t16-/m1/s1. The first kappa shape index (κ1) is 19.4. The van der Waals surface area contributed by atoms with Crippen molar-refractivity contribution < 1.29 is 24.2 Å². The number of nitrogens with zero attached hydrogens (tertiary/aromatic N) is 1. The molecule has 0 saturated carbocycles. The summed E-state index contributed by atoms with van der Waals surface area (Å²) in [6, 6.07) is 14.4. The minimum atomic E-state index is -1.09. The average Bonchev–Trinajstić information content (AvgIpc) is 3.07. The molecule has 146 valence electrons. The van der Waals surface area contributed by atoms with Gasteiger partial charge in [-0.25, -0.2) is 4.79 Å². The number of rotatable bonds is 7. The highest BCUT2D eigenvalue weighted by molar-refractivity contribution is 5.91. The summed E-state index contributed by atoms with van der Waals surface area (Å²) in [7, 11) is 1.40. The van der Waals surface area contributed by atoms with Gasteiger partial charge in [-0.1, -0.05) is 36.4 Å². The maximum atomic E-state index is 12.5. The van der Waals surface area contributed by atoms with Crippen molar-refractivity contribution in [2.75, 3.05) is 13.7 Å². The van der Waals surface area contributed by atoms with Crippen LogP contribution in [0.5, 0.6) is 5.75 Å². The minimum absolute atomic E-state index is 0.0402. The van der Waals surface area contributed by atoms with Crippen LogP contribution in [0, 0.1) is 5.92 Å². The number of carboxylic acids is 1. The van der Waals surface area contributed by atoms with Gasteiger partial charge in [-0.3, -0.25) is 9.59 Å². The molecule has 28 heavy (non-hydrogen) atoms. The predicted octanol–water partition coefficient (Wildman–Crippen LogP) is 2.06. The molecule has 1 aliphatic heterocycles. The summed E-state index contributed by atoms with van der Waals surface area (Å²) in [5.74, 6) is -1.49. The topological polar surface area (TPSA) is 95.9 Å². The molecule has 1 atom stereocenters. The number of likely N-dealkylation sites (tertiary alicyclic amines) is 1. The van der Waals surface area contributed by atoms with E-state index in [0.717, 1.165) is 5.56 Å². The van der Waals surface area contributed by atoms with E-state index in [-0.39, 0.29) is 36.1 Å². The summed E-state index contributed by atoms with van der Waals surface area (Å²) in [6.07, 6.45) is 0.182. The fourth-order valence-electron chi connectivity index (χ4n) is 3.27. The van der Waals surface area contributed by atoms with Gasteiger partial charge in [0.2, 0.25) is 11.8 Å². The number of carbonyl (C=O) groups is 3. The van der Waals surface area contributed by atoms with Crippen LogP contribution in [0.2, 0.25) is 0 Å². The number of methoxy groups -OCH3 is 1. The molecule has 0 radical (unpaired) electrons. The number of aromatic carboxylic acids is 1. The van der Waals surface area contributed by atoms with Crippen molar-refractivity contribution >= 4 is 17.8 Å². The Bertz CT molecular complexity index is 882. The van der Waals surface area contributed by atoms with E-state index < -0.39 is 11.9 Å². The number of ether oxygens (including phenoxy) is 1. The molecule has 2 amide bonds. The fourth-order valence-corrected chi connectivity index (χ4v) is 3.27. The molecule has 0 spiro atoms. The van der Waals surface area contributed by atoms with Crippen molar-refractivity contribution in [1.29, 1.82) is 0 Å². The van der Waals surface area contributed by atoms with Gasteiger partial charge < -0.3 is 20.1 Å². The van der Waals surface area contributed by atoms with Crippen LogP contribution < -0.4 is 10.1 Å².